The van der Waals surface area contributed by atoms with Crippen molar-refractivity contribution in [1.29, 1.82) is 0 Å². The van der Waals surface area contributed by atoms with Crippen molar-refractivity contribution in [1.82, 2.24) is 10.6 Å². The van der Waals surface area contributed by atoms with E-state index in [1.165, 1.54) is 12.8 Å². The predicted octanol–water partition coefficient (Wildman–Crippen LogP) is 3.21. The van der Waals surface area contributed by atoms with E-state index in [-0.39, 0.29) is 11.3 Å². The van der Waals surface area contributed by atoms with E-state index < -0.39 is 0 Å². The molecule has 2 N–H and O–H groups in total. The molecule has 3 fully saturated rings. The number of carbonyl (C=O) groups excluding carboxylic acids is 1. The summed E-state index contributed by atoms with van der Waals surface area (Å²) in [6, 6.07) is 7.84. The van der Waals surface area contributed by atoms with Gasteiger partial charge in [0.1, 0.15) is 5.75 Å². The van der Waals surface area contributed by atoms with Gasteiger partial charge in [0, 0.05) is 18.1 Å². The molecule has 2 saturated heterocycles. The van der Waals surface area contributed by atoms with Crippen molar-refractivity contribution in [2.75, 3.05) is 7.11 Å². The van der Waals surface area contributed by atoms with E-state index in [9.17, 15) is 4.79 Å². The van der Waals surface area contributed by atoms with Crippen LogP contribution in [0.5, 0.6) is 5.75 Å². The number of piperidine rings is 1. The molecule has 2 atom stereocenters. The highest BCUT2D eigenvalue weighted by Gasteiger charge is 2.44. The summed E-state index contributed by atoms with van der Waals surface area (Å²) in [6.45, 7) is 2.05. The lowest BCUT2D eigenvalue weighted by molar-refractivity contribution is -0.127. The number of benzene rings is 1. The summed E-state index contributed by atoms with van der Waals surface area (Å²) in [7, 11) is 1.71. The third-order valence-corrected chi connectivity index (χ3v) is 6.66. The number of hydrogen-bond acceptors (Lipinski definition) is 3. The molecular formula is C21H30N2O2. The molecular weight excluding hydrogens is 312 g/mol. The summed E-state index contributed by atoms with van der Waals surface area (Å²) in [5.74, 6) is 1.12. The molecule has 3 aliphatic rings. The summed E-state index contributed by atoms with van der Waals surface area (Å²) < 4.78 is 5.52. The van der Waals surface area contributed by atoms with Gasteiger partial charge in [-0.05, 0) is 62.6 Å². The number of hydrogen-bond donors (Lipinski definition) is 2. The van der Waals surface area contributed by atoms with E-state index in [4.69, 9.17) is 4.74 Å². The summed E-state index contributed by atoms with van der Waals surface area (Å²) in [5, 5.41) is 7.09. The molecule has 0 radical (unpaired) electrons. The third-order valence-electron chi connectivity index (χ3n) is 6.66. The van der Waals surface area contributed by atoms with Crippen molar-refractivity contribution in [3.05, 3.63) is 29.3 Å². The van der Waals surface area contributed by atoms with Crippen LogP contribution < -0.4 is 15.4 Å². The maximum atomic E-state index is 13.4. The highest BCUT2D eigenvalue weighted by molar-refractivity contribution is 5.89. The first-order chi connectivity index (χ1) is 12.1. The standard InChI is InChI=1S/C21H30N2O2/c1-14-5-6-15(11-19(14)25-2)21(9-3-4-10-21)20(24)23-18-12-16-7-8-17(13-18)22-16/h5-6,11,16-18,22H,3-4,7-10,12-13H2,1-2H3,(H,23,24). The normalized spacial score (nSPS) is 30.2. The Morgan fingerprint density at radius 2 is 1.88 bits per heavy atom. The van der Waals surface area contributed by atoms with E-state index >= 15 is 0 Å². The van der Waals surface area contributed by atoms with Gasteiger partial charge in [-0.1, -0.05) is 25.0 Å². The van der Waals surface area contributed by atoms with Crippen molar-refractivity contribution >= 4 is 5.91 Å². The van der Waals surface area contributed by atoms with Crippen molar-refractivity contribution < 1.29 is 9.53 Å². The lowest BCUT2D eigenvalue weighted by Crippen LogP contribution is -2.52. The van der Waals surface area contributed by atoms with Crippen LogP contribution in [0.1, 0.15) is 62.5 Å². The van der Waals surface area contributed by atoms with E-state index in [1.807, 2.05) is 0 Å². The molecule has 1 amide bonds. The number of ether oxygens (including phenoxy) is 1. The molecule has 2 bridgehead atoms. The van der Waals surface area contributed by atoms with Gasteiger partial charge in [-0.3, -0.25) is 4.79 Å². The molecule has 136 valence electrons. The number of amides is 1. The average Bonchev–Trinajstić information content (AvgIpc) is 3.23. The average molecular weight is 342 g/mol. The van der Waals surface area contributed by atoms with Gasteiger partial charge >= 0.3 is 0 Å². The second kappa shape index (κ2) is 6.64. The van der Waals surface area contributed by atoms with Gasteiger partial charge in [0.2, 0.25) is 5.91 Å². The largest absolute Gasteiger partial charge is 0.496 e. The Bertz CT molecular complexity index is 639. The first-order valence-electron chi connectivity index (χ1n) is 9.83. The molecule has 1 aromatic rings. The highest BCUT2D eigenvalue weighted by atomic mass is 16.5. The Morgan fingerprint density at radius 1 is 1.20 bits per heavy atom. The van der Waals surface area contributed by atoms with Crippen molar-refractivity contribution in [2.24, 2.45) is 0 Å². The minimum Gasteiger partial charge on any atom is -0.496 e. The van der Waals surface area contributed by atoms with Crippen LogP contribution in [0.25, 0.3) is 0 Å². The number of nitrogens with one attached hydrogen (secondary N) is 2. The highest BCUT2D eigenvalue weighted by Crippen LogP contribution is 2.43. The Morgan fingerprint density at radius 3 is 2.52 bits per heavy atom. The van der Waals surface area contributed by atoms with Crippen LogP contribution in [0.3, 0.4) is 0 Å². The van der Waals surface area contributed by atoms with Gasteiger partial charge in [-0.2, -0.15) is 0 Å². The Kier molecular flexibility index (Phi) is 4.48. The van der Waals surface area contributed by atoms with Crippen LogP contribution >= 0.6 is 0 Å². The number of fused-ring (bicyclic) bond motifs is 2. The molecule has 0 aromatic heterocycles. The maximum absolute atomic E-state index is 13.4. The monoisotopic (exact) mass is 342 g/mol. The van der Waals surface area contributed by atoms with Crippen LogP contribution in [0.15, 0.2) is 18.2 Å². The Balaban J connectivity index is 1.56. The fraction of sp³-hybridized carbons (Fsp3) is 0.667. The first kappa shape index (κ1) is 16.9. The van der Waals surface area contributed by atoms with E-state index in [1.54, 1.807) is 7.11 Å². The van der Waals surface area contributed by atoms with E-state index in [0.29, 0.717) is 18.1 Å². The minimum atomic E-state index is -0.370. The van der Waals surface area contributed by atoms with Crippen LogP contribution in [-0.2, 0) is 10.2 Å². The van der Waals surface area contributed by atoms with Gasteiger partial charge < -0.3 is 15.4 Å². The Hall–Kier alpha value is -1.55. The fourth-order valence-electron chi connectivity index (χ4n) is 5.24. The summed E-state index contributed by atoms with van der Waals surface area (Å²) in [6.07, 6.45) is 8.83. The Labute approximate surface area is 150 Å². The zero-order valence-electron chi connectivity index (χ0n) is 15.4. The molecule has 1 aromatic carbocycles. The minimum absolute atomic E-state index is 0.238. The second-order valence-corrected chi connectivity index (χ2v) is 8.25. The van der Waals surface area contributed by atoms with Gasteiger partial charge in [-0.25, -0.2) is 0 Å². The molecule has 1 saturated carbocycles. The molecule has 4 nitrogen and oxygen atoms in total. The van der Waals surface area contributed by atoms with Crippen molar-refractivity contribution in [2.45, 2.75) is 81.8 Å². The number of carbonyl (C=O) groups is 1. The van der Waals surface area contributed by atoms with Crippen molar-refractivity contribution in [3.63, 3.8) is 0 Å². The molecule has 2 heterocycles. The van der Waals surface area contributed by atoms with Crippen LogP contribution in [0, 0.1) is 6.92 Å². The number of rotatable bonds is 4. The lowest BCUT2D eigenvalue weighted by Gasteiger charge is -2.34. The van der Waals surface area contributed by atoms with Gasteiger partial charge in [-0.15, -0.1) is 0 Å². The molecule has 4 rings (SSSR count). The molecule has 4 heteroatoms. The zero-order chi connectivity index (χ0) is 17.4. The number of methoxy groups -OCH3 is 1. The lowest BCUT2D eigenvalue weighted by atomic mass is 9.77. The van der Waals surface area contributed by atoms with Gasteiger partial charge in [0.05, 0.1) is 12.5 Å². The quantitative estimate of drug-likeness (QED) is 0.883. The number of aryl methyl sites for hydroxylation is 1. The van der Waals surface area contributed by atoms with Crippen LogP contribution in [0.4, 0.5) is 0 Å². The zero-order valence-corrected chi connectivity index (χ0v) is 15.4. The van der Waals surface area contributed by atoms with Gasteiger partial charge in [0.25, 0.3) is 0 Å². The fourth-order valence-corrected chi connectivity index (χ4v) is 5.24. The topological polar surface area (TPSA) is 50.4 Å². The molecule has 1 aliphatic carbocycles. The summed E-state index contributed by atoms with van der Waals surface area (Å²) in [5.41, 5.74) is 1.88. The van der Waals surface area contributed by atoms with Crippen LogP contribution in [-0.4, -0.2) is 31.1 Å². The predicted molar refractivity (Wildman–Crippen MR) is 99.0 cm³/mol. The maximum Gasteiger partial charge on any atom is 0.230 e. The summed E-state index contributed by atoms with van der Waals surface area (Å²) in [4.78, 5) is 13.4. The molecule has 2 unspecified atom stereocenters. The second-order valence-electron chi connectivity index (χ2n) is 8.25. The summed E-state index contributed by atoms with van der Waals surface area (Å²) >= 11 is 0. The molecule has 25 heavy (non-hydrogen) atoms. The third kappa shape index (κ3) is 3.05. The van der Waals surface area contributed by atoms with Crippen molar-refractivity contribution in [3.8, 4) is 5.75 Å². The van der Waals surface area contributed by atoms with E-state index in [2.05, 4.69) is 35.8 Å². The molecule has 2 aliphatic heterocycles. The van der Waals surface area contributed by atoms with Gasteiger partial charge in [0.15, 0.2) is 0 Å². The molecule has 0 spiro atoms. The smallest absolute Gasteiger partial charge is 0.230 e. The SMILES string of the molecule is COc1cc(C2(C(=O)NC3CC4CCC(C3)N4)CCCC2)ccc1C. The first-order valence-corrected chi connectivity index (χ1v) is 9.83. The van der Waals surface area contributed by atoms with Crippen LogP contribution in [0.2, 0.25) is 0 Å². The van der Waals surface area contributed by atoms with E-state index in [0.717, 1.165) is 55.4 Å².